The molecule has 2 atom stereocenters. The van der Waals surface area contributed by atoms with Gasteiger partial charge in [0.15, 0.2) is 10.8 Å². The molecule has 27 heavy (non-hydrogen) atoms. The molecule has 4 rings (SSSR count). The molecule has 6 heteroatoms. The van der Waals surface area contributed by atoms with E-state index in [2.05, 4.69) is 43.4 Å². The van der Waals surface area contributed by atoms with Crippen molar-refractivity contribution >= 4 is 29.0 Å². The normalized spacial score (nSPS) is 23.1. The van der Waals surface area contributed by atoms with Gasteiger partial charge in [-0.15, -0.1) is 0 Å². The molecule has 0 radical (unpaired) electrons. The van der Waals surface area contributed by atoms with Gasteiger partial charge in [-0.25, -0.2) is 4.79 Å². The fraction of sp³-hybridized carbons (Fsp3) is 0.333. The van der Waals surface area contributed by atoms with E-state index >= 15 is 0 Å². The number of thiocarbonyl (C=S) groups is 1. The molecule has 1 fully saturated rings. The van der Waals surface area contributed by atoms with Crippen LogP contribution in [0.3, 0.4) is 0 Å². The Morgan fingerprint density at radius 3 is 2.74 bits per heavy atom. The van der Waals surface area contributed by atoms with Crippen molar-refractivity contribution in [3.63, 3.8) is 0 Å². The summed E-state index contributed by atoms with van der Waals surface area (Å²) >= 11 is 5.68. The Morgan fingerprint density at radius 2 is 2.07 bits per heavy atom. The number of nitrogens with one attached hydrogen (secondary N) is 1. The van der Waals surface area contributed by atoms with Crippen molar-refractivity contribution in [2.75, 3.05) is 12.0 Å². The van der Waals surface area contributed by atoms with Gasteiger partial charge < -0.3 is 14.8 Å². The molecule has 2 aromatic rings. The summed E-state index contributed by atoms with van der Waals surface area (Å²) in [6.07, 6.45) is 1.70. The number of carbonyl (C=O) groups is 1. The maximum absolute atomic E-state index is 11.9. The molecule has 2 unspecified atom stereocenters. The maximum Gasteiger partial charge on any atom is 0.337 e. The maximum atomic E-state index is 11.9. The third-order valence-corrected chi connectivity index (χ3v) is 5.60. The van der Waals surface area contributed by atoms with Crippen LogP contribution in [0.25, 0.3) is 0 Å². The van der Waals surface area contributed by atoms with E-state index in [0.29, 0.717) is 17.1 Å². The Hall–Kier alpha value is -2.60. The smallest absolute Gasteiger partial charge is 0.337 e. The van der Waals surface area contributed by atoms with Gasteiger partial charge in [0, 0.05) is 17.7 Å². The van der Waals surface area contributed by atoms with E-state index in [0.717, 1.165) is 23.4 Å². The van der Waals surface area contributed by atoms with Crippen LogP contribution >= 0.6 is 12.2 Å². The van der Waals surface area contributed by atoms with Gasteiger partial charge in [-0.3, -0.25) is 4.90 Å². The van der Waals surface area contributed by atoms with Crippen molar-refractivity contribution in [1.29, 1.82) is 0 Å². The summed E-state index contributed by atoms with van der Waals surface area (Å²) in [7, 11) is 1.38. The summed E-state index contributed by atoms with van der Waals surface area (Å²) in [6, 6.07) is 13.8. The fourth-order valence-corrected chi connectivity index (χ4v) is 4.33. The molecule has 2 aromatic carbocycles. The lowest BCUT2D eigenvalue weighted by Gasteiger charge is -2.52. The van der Waals surface area contributed by atoms with Crippen LogP contribution < -0.4 is 15.0 Å². The molecule has 2 heterocycles. The third kappa shape index (κ3) is 2.94. The first-order valence-electron chi connectivity index (χ1n) is 9.06. The van der Waals surface area contributed by atoms with E-state index in [9.17, 15) is 4.79 Å². The molecule has 0 spiro atoms. The monoisotopic (exact) mass is 382 g/mol. The van der Waals surface area contributed by atoms with Gasteiger partial charge >= 0.3 is 5.97 Å². The zero-order chi connectivity index (χ0) is 19.2. The summed E-state index contributed by atoms with van der Waals surface area (Å²) in [4.78, 5) is 13.9. The number of ether oxygens (including phenoxy) is 2. The van der Waals surface area contributed by atoms with Crippen molar-refractivity contribution < 1.29 is 14.3 Å². The lowest BCUT2D eigenvalue weighted by Crippen LogP contribution is -2.65. The molecule has 1 N–H and O–H groups in total. The van der Waals surface area contributed by atoms with Gasteiger partial charge in [0.1, 0.15) is 5.75 Å². The molecule has 0 amide bonds. The predicted octanol–water partition coefficient (Wildman–Crippen LogP) is 3.97. The third-order valence-electron chi connectivity index (χ3n) is 5.30. The number of carbonyl (C=O) groups excluding carboxylic acids is 1. The number of rotatable bonds is 3. The van der Waals surface area contributed by atoms with Crippen LogP contribution in [0.5, 0.6) is 5.75 Å². The number of hydrogen-bond acceptors (Lipinski definition) is 4. The summed E-state index contributed by atoms with van der Waals surface area (Å²) in [5.74, 6) is 0.397. The van der Waals surface area contributed by atoms with Crippen LogP contribution in [0.2, 0.25) is 0 Å². The zero-order valence-electron chi connectivity index (χ0n) is 15.6. The fourth-order valence-electron chi connectivity index (χ4n) is 3.89. The molecular weight excluding hydrogens is 360 g/mol. The first-order chi connectivity index (χ1) is 12.9. The highest BCUT2D eigenvalue weighted by Gasteiger charge is 2.48. The topological polar surface area (TPSA) is 50.8 Å². The Labute approximate surface area is 164 Å². The van der Waals surface area contributed by atoms with Gasteiger partial charge in [-0.1, -0.05) is 19.1 Å². The molecular formula is C21H22N2O3S. The summed E-state index contributed by atoms with van der Waals surface area (Å²) in [6.45, 7) is 4.19. The van der Waals surface area contributed by atoms with Crippen LogP contribution in [0, 0.1) is 0 Å². The Kier molecular flexibility index (Phi) is 4.30. The highest BCUT2D eigenvalue weighted by molar-refractivity contribution is 7.80. The molecule has 2 aliphatic heterocycles. The lowest BCUT2D eigenvalue weighted by atomic mass is 9.89. The first-order valence-corrected chi connectivity index (χ1v) is 9.47. The second kappa shape index (κ2) is 6.53. The Morgan fingerprint density at radius 1 is 1.33 bits per heavy atom. The molecule has 0 aromatic heterocycles. The molecule has 2 bridgehead atoms. The molecule has 1 saturated heterocycles. The predicted molar refractivity (Wildman–Crippen MR) is 108 cm³/mol. The average molecular weight is 382 g/mol. The number of fused-ring (bicyclic) bond motifs is 4. The van der Waals surface area contributed by atoms with E-state index in [1.165, 1.54) is 12.7 Å². The van der Waals surface area contributed by atoms with E-state index in [1.54, 1.807) is 6.07 Å². The zero-order valence-corrected chi connectivity index (χ0v) is 16.4. The van der Waals surface area contributed by atoms with Gasteiger partial charge in [0.25, 0.3) is 0 Å². The summed E-state index contributed by atoms with van der Waals surface area (Å²) in [5, 5.41) is 4.03. The van der Waals surface area contributed by atoms with Crippen LogP contribution in [0.1, 0.15) is 47.8 Å². The SMILES string of the molecule is CCc1ccc(N2C(=S)NC3CC2(C)Oc2ccc(C(=O)OC)cc23)cc1. The highest BCUT2D eigenvalue weighted by Crippen LogP contribution is 2.45. The standard InChI is InChI=1S/C21H22N2O3S/c1-4-13-5-8-15(9-6-13)23-20(27)22-17-12-21(23,2)26-18-10-7-14(11-16(17)18)19(24)25-3/h5-11,17H,4,12H2,1-3H3,(H,22,27). The minimum absolute atomic E-state index is 0.0120. The summed E-state index contributed by atoms with van der Waals surface area (Å²) in [5.41, 5.74) is 3.12. The van der Waals surface area contributed by atoms with Gasteiger partial charge in [0.05, 0.1) is 18.7 Å². The van der Waals surface area contributed by atoms with E-state index in [4.69, 9.17) is 21.7 Å². The van der Waals surface area contributed by atoms with Crippen molar-refractivity contribution in [2.24, 2.45) is 0 Å². The minimum Gasteiger partial charge on any atom is -0.467 e. The molecule has 0 aliphatic carbocycles. The minimum atomic E-state index is -0.597. The van der Waals surface area contributed by atoms with Crippen LogP contribution in [-0.4, -0.2) is 23.9 Å². The van der Waals surface area contributed by atoms with Crippen molar-refractivity contribution in [3.05, 3.63) is 59.2 Å². The molecule has 140 valence electrons. The molecule has 0 saturated carbocycles. The van der Waals surface area contributed by atoms with E-state index in [1.807, 2.05) is 17.0 Å². The van der Waals surface area contributed by atoms with Gasteiger partial charge in [-0.05, 0) is 61.5 Å². The number of aryl methyl sites for hydroxylation is 1. The van der Waals surface area contributed by atoms with E-state index in [-0.39, 0.29) is 12.0 Å². The van der Waals surface area contributed by atoms with Gasteiger partial charge in [0.2, 0.25) is 0 Å². The van der Waals surface area contributed by atoms with Crippen molar-refractivity contribution in [1.82, 2.24) is 5.32 Å². The second-order valence-electron chi connectivity index (χ2n) is 7.08. The van der Waals surface area contributed by atoms with Gasteiger partial charge in [-0.2, -0.15) is 0 Å². The number of nitrogens with zero attached hydrogens (tertiary/aromatic N) is 1. The lowest BCUT2D eigenvalue weighted by molar-refractivity contribution is 0.0494. The molecule has 2 aliphatic rings. The number of esters is 1. The number of hydrogen-bond donors (Lipinski definition) is 1. The quantitative estimate of drug-likeness (QED) is 0.640. The van der Waals surface area contributed by atoms with Crippen LogP contribution in [0.4, 0.5) is 5.69 Å². The van der Waals surface area contributed by atoms with Crippen molar-refractivity contribution in [2.45, 2.75) is 38.5 Å². The van der Waals surface area contributed by atoms with Crippen LogP contribution in [-0.2, 0) is 11.2 Å². The number of anilines is 1. The Balaban J connectivity index is 1.72. The largest absolute Gasteiger partial charge is 0.467 e. The number of methoxy groups -OCH3 is 1. The number of benzene rings is 2. The Bertz CT molecular complexity index is 912. The average Bonchev–Trinajstić information content (AvgIpc) is 2.67. The molecule has 5 nitrogen and oxygen atoms in total. The van der Waals surface area contributed by atoms with Crippen LogP contribution in [0.15, 0.2) is 42.5 Å². The first kappa shape index (κ1) is 17.8. The van der Waals surface area contributed by atoms with E-state index < -0.39 is 5.72 Å². The highest BCUT2D eigenvalue weighted by atomic mass is 32.1. The summed E-state index contributed by atoms with van der Waals surface area (Å²) < 4.78 is 11.2. The van der Waals surface area contributed by atoms with Crippen molar-refractivity contribution in [3.8, 4) is 5.75 Å². The second-order valence-corrected chi connectivity index (χ2v) is 7.47.